The molecule has 0 aromatic heterocycles. The van der Waals surface area contributed by atoms with Crippen molar-refractivity contribution in [1.29, 1.82) is 0 Å². The fourth-order valence-electron chi connectivity index (χ4n) is 2.90. The van der Waals surface area contributed by atoms with Crippen molar-refractivity contribution in [2.75, 3.05) is 51.1 Å². The lowest BCUT2D eigenvalue weighted by molar-refractivity contribution is -0.122. The number of hydrogen-bond acceptors (Lipinski definition) is 4. The molecule has 0 spiro atoms. The largest absolute Gasteiger partial charge is 0.355 e. The zero-order chi connectivity index (χ0) is 19.6. The van der Waals surface area contributed by atoms with Crippen LogP contribution in [0.2, 0.25) is 0 Å². The summed E-state index contributed by atoms with van der Waals surface area (Å²) in [6.45, 7) is 7.16. The summed E-state index contributed by atoms with van der Waals surface area (Å²) < 4.78 is 14.4. The number of nitrogens with zero attached hydrogens (tertiary/aromatic N) is 2. The van der Waals surface area contributed by atoms with E-state index in [0.717, 1.165) is 45.6 Å². The highest BCUT2D eigenvalue weighted by Crippen LogP contribution is 2.19. The number of nitrogens with one attached hydrogen (secondary N) is 2. The smallest absolute Gasteiger partial charge is 0.234 e. The van der Waals surface area contributed by atoms with E-state index in [4.69, 9.17) is 0 Å². The quantitative estimate of drug-likeness (QED) is 0.576. The molecule has 0 unspecified atom stereocenters. The van der Waals surface area contributed by atoms with Gasteiger partial charge < -0.3 is 15.5 Å². The van der Waals surface area contributed by atoms with Crippen LogP contribution in [-0.2, 0) is 9.59 Å². The molecule has 1 aromatic carbocycles. The molecule has 0 atom stereocenters. The lowest BCUT2D eigenvalue weighted by atomic mass is 10.2. The van der Waals surface area contributed by atoms with Crippen molar-refractivity contribution in [3.05, 3.63) is 28.5 Å². The van der Waals surface area contributed by atoms with Gasteiger partial charge in [0.25, 0.3) is 0 Å². The van der Waals surface area contributed by atoms with E-state index < -0.39 is 5.82 Å². The first-order valence-electron chi connectivity index (χ1n) is 9.44. The maximum atomic E-state index is 13.8. The molecule has 8 heteroatoms. The van der Waals surface area contributed by atoms with Gasteiger partial charge >= 0.3 is 0 Å². The predicted octanol–water partition coefficient (Wildman–Crippen LogP) is 2.45. The Balaban J connectivity index is 1.64. The van der Waals surface area contributed by atoms with Crippen LogP contribution in [0, 0.1) is 5.82 Å². The first kappa shape index (κ1) is 21.8. The van der Waals surface area contributed by atoms with Crippen LogP contribution in [0.1, 0.15) is 26.2 Å². The normalized spacial score (nSPS) is 15.5. The van der Waals surface area contributed by atoms with Crippen LogP contribution in [0.4, 0.5) is 10.1 Å². The highest BCUT2D eigenvalue weighted by atomic mass is 79.9. The lowest BCUT2D eigenvalue weighted by Gasteiger charge is -2.34. The van der Waals surface area contributed by atoms with Gasteiger partial charge in [0.05, 0.1) is 12.2 Å². The first-order valence-corrected chi connectivity index (χ1v) is 10.2. The van der Waals surface area contributed by atoms with Crippen LogP contribution in [0.15, 0.2) is 22.7 Å². The molecule has 1 aliphatic heterocycles. The summed E-state index contributed by atoms with van der Waals surface area (Å²) >= 11 is 3.19. The third-order valence-electron chi connectivity index (χ3n) is 4.54. The molecule has 0 bridgehead atoms. The molecule has 0 aliphatic carbocycles. The molecule has 1 saturated heterocycles. The van der Waals surface area contributed by atoms with E-state index >= 15 is 0 Å². The van der Waals surface area contributed by atoms with Gasteiger partial charge in [-0.2, -0.15) is 0 Å². The highest BCUT2D eigenvalue weighted by molar-refractivity contribution is 9.10. The SMILES string of the molecule is CCCCNC(=O)CN1CCN(CCC(=O)Nc2ccc(Br)cc2F)CC1. The Hall–Kier alpha value is -1.51. The fraction of sp³-hybridized carbons (Fsp3) is 0.579. The minimum atomic E-state index is -0.455. The summed E-state index contributed by atoms with van der Waals surface area (Å²) in [5, 5.41) is 5.54. The summed E-state index contributed by atoms with van der Waals surface area (Å²) in [6.07, 6.45) is 2.39. The van der Waals surface area contributed by atoms with E-state index in [1.165, 1.54) is 6.07 Å². The van der Waals surface area contributed by atoms with Crippen LogP contribution in [0.3, 0.4) is 0 Å². The molecule has 1 aliphatic rings. The molecule has 2 rings (SSSR count). The molecular formula is C19H28BrFN4O2. The van der Waals surface area contributed by atoms with Gasteiger partial charge in [0, 0.05) is 50.2 Å². The molecular weight excluding hydrogens is 415 g/mol. The van der Waals surface area contributed by atoms with Crippen molar-refractivity contribution in [3.8, 4) is 0 Å². The Morgan fingerprint density at radius 1 is 1.15 bits per heavy atom. The van der Waals surface area contributed by atoms with E-state index in [-0.39, 0.29) is 17.5 Å². The zero-order valence-corrected chi connectivity index (χ0v) is 17.4. The number of unbranched alkanes of at least 4 members (excludes halogenated alkanes) is 1. The second-order valence-corrected chi connectivity index (χ2v) is 7.66. The van der Waals surface area contributed by atoms with Gasteiger partial charge in [-0.3, -0.25) is 14.5 Å². The number of amides is 2. The van der Waals surface area contributed by atoms with Gasteiger partial charge in [-0.05, 0) is 24.6 Å². The van der Waals surface area contributed by atoms with Gasteiger partial charge in [0.2, 0.25) is 11.8 Å². The summed E-state index contributed by atoms with van der Waals surface area (Å²) in [5.41, 5.74) is 0.196. The number of carbonyl (C=O) groups excluding carboxylic acids is 2. The highest BCUT2D eigenvalue weighted by Gasteiger charge is 2.19. The molecule has 0 saturated carbocycles. The Bertz CT molecular complexity index is 636. The Morgan fingerprint density at radius 2 is 1.85 bits per heavy atom. The van der Waals surface area contributed by atoms with E-state index in [1.807, 2.05) is 0 Å². The number of hydrogen-bond donors (Lipinski definition) is 2. The zero-order valence-electron chi connectivity index (χ0n) is 15.8. The van der Waals surface area contributed by atoms with Gasteiger partial charge in [-0.25, -0.2) is 4.39 Å². The second-order valence-electron chi connectivity index (χ2n) is 6.74. The van der Waals surface area contributed by atoms with Gasteiger partial charge in [-0.1, -0.05) is 29.3 Å². The number of carbonyl (C=O) groups is 2. The van der Waals surface area contributed by atoms with Crippen molar-refractivity contribution in [2.24, 2.45) is 0 Å². The first-order chi connectivity index (χ1) is 13.0. The third kappa shape index (κ3) is 7.94. The van der Waals surface area contributed by atoms with Crippen LogP contribution in [0.5, 0.6) is 0 Å². The topological polar surface area (TPSA) is 64.7 Å². The maximum Gasteiger partial charge on any atom is 0.234 e. The fourth-order valence-corrected chi connectivity index (χ4v) is 3.23. The standard InChI is InChI=1S/C19H28BrFN4O2/c1-2-3-7-22-19(27)14-25-11-9-24(10-12-25)8-6-18(26)23-17-5-4-15(20)13-16(17)21/h4-5,13H,2-3,6-12,14H2,1H3,(H,22,27)(H,23,26). The van der Waals surface area contributed by atoms with Crippen molar-refractivity contribution in [3.63, 3.8) is 0 Å². The van der Waals surface area contributed by atoms with Crippen LogP contribution < -0.4 is 10.6 Å². The number of benzene rings is 1. The molecule has 27 heavy (non-hydrogen) atoms. The summed E-state index contributed by atoms with van der Waals surface area (Å²) in [4.78, 5) is 28.2. The van der Waals surface area contributed by atoms with Crippen molar-refractivity contribution in [2.45, 2.75) is 26.2 Å². The molecule has 2 N–H and O–H groups in total. The van der Waals surface area contributed by atoms with Crippen molar-refractivity contribution < 1.29 is 14.0 Å². The van der Waals surface area contributed by atoms with E-state index in [1.54, 1.807) is 12.1 Å². The van der Waals surface area contributed by atoms with Crippen molar-refractivity contribution >= 4 is 33.4 Å². The van der Waals surface area contributed by atoms with E-state index in [0.29, 0.717) is 24.0 Å². The van der Waals surface area contributed by atoms with Crippen molar-refractivity contribution in [1.82, 2.24) is 15.1 Å². The van der Waals surface area contributed by atoms with Crippen LogP contribution >= 0.6 is 15.9 Å². The van der Waals surface area contributed by atoms with E-state index in [2.05, 4.69) is 43.3 Å². The van der Waals surface area contributed by atoms with Gasteiger partial charge in [0.15, 0.2) is 0 Å². The number of rotatable bonds is 9. The van der Waals surface area contributed by atoms with Gasteiger partial charge in [0.1, 0.15) is 5.82 Å². The third-order valence-corrected chi connectivity index (χ3v) is 5.04. The molecule has 2 amide bonds. The molecule has 150 valence electrons. The van der Waals surface area contributed by atoms with Crippen LogP contribution in [-0.4, -0.2) is 67.4 Å². The Kier molecular flexibility index (Phi) is 9.17. The molecule has 1 aromatic rings. The number of piperazine rings is 1. The van der Waals surface area contributed by atoms with E-state index in [9.17, 15) is 14.0 Å². The minimum absolute atomic E-state index is 0.0767. The number of halogens is 2. The minimum Gasteiger partial charge on any atom is -0.355 e. The maximum absolute atomic E-state index is 13.8. The molecule has 1 fully saturated rings. The summed E-state index contributed by atoms with van der Waals surface area (Å²) in [5.74, 6) is -0.578. The predicted molar refractivity (Wildman–Crippen MR) is 108 cm³/mol. The molecule has 6 nitrogen and oxygen atoms in total. The summed E-state index contributed by atoms with van der Waals surface area (Å²) in [6, 6.07) is 4.56. The summed E-state index contributed by atoms with van der Waals surface area (Å²) in [7, 11) is 0. The lowest BCUT2D eigenvalue weighted by Crippen LogP contribution is -2.49. The Labute approximate surface area is 168 Å². The molecule has 0 radical (unpaired) electrons. The Morgan fingerprint density at radius 3 is 2.52 bits per heavy atom. The monoisotopic (exact) mass is 442 g/mol. The van der Waals surface area contributed by atoms with Crippen LogP contribution in [0.25, 0.3) is 0 Å². The average Bonchev–Trinajstić information content (AvgIpc) is 2.64. The average molecular weight is 443 g/mol. The number of anilines is 1. The molecule has 1 heterocycles. The van der Waals surface area contributed by atoms with Gasteiger partial charge in [-0.15, -0.1) is 0 Å². The second kappa shape index (κ2) is 11.4.